The third-order valence-corrected chi connectivity index (χ3v) is 3.97. The number of hydrogen-bond acceptors (Lipinski definition) is 4. The molecule has 1 saturated carbocycles. The van der Waals surface area contributed by atoms with E-state index in [1.54, 1.807) is 0 Å². The van der Waals surface area contributed by atoms with Gasteiger partial charge in [-0.25, -0.2) is 0 Å². The van der Waals surface area contributed by atoms with Crippen LogP contribution < -0.4 is 10.6 Å². The van der Waals surface area contributed by atoms with Crippen molar-refractivity contribution in [2.45, 2.75) is 45.1 Å². The van der Waals surface area contributed by atoms with E-state index in [0.29, 0.717) is 6.10 Å². The molecule has 2 aliphatic rings. The molecule has 0 aromatic carbocycles. The van der Waals surface area contributed by atoms with Gasteiger partial charge in [0.15, 0.2) is 5.96 Å². The highest BCUT2D eigenvalue weighted by molar-refractivity contribution is 5.79. The number of ether oxygens (including phenoxy) is 3. The minimum atomic E-state index is 0.299. The van der Waals surface area contributed by atoms with Crippen molar-refractivity contribution in [2.24, 2.45) is 10.9 Å². The molecule has 2 N–H and O–H groups in total. The summed E-state index contributed by atoms with van der Waals surface area (Å²) < 4.78 is 16.7. The molecule has 0 amide bonds. The molecule has 6 heteroatoms. The van der Waals surface area contributed by atoms with Crippen LogP contribution in [0.5, 0.6) is 0 Å². The predicted octanol–water partition coefficient (Wildman–Crippen LogP) is 1.55. The van der Waals surface area contributed by atoms with Gasteiger partial charge < -0.3 is 24.8 Å². The zero-order chi connectivity index (χ0) is 16.2. The summed E-state index contributed by atoms with van der Waals surface area (Å²) in [4.78, 5) is 4.57. The van der Waals surface area contributed by atoms with E-state index in [1.807, 2.05) is 0 Å². The van der Waals surface area contributed by atoms with Gasteiger partial charge in [-0.1, -0.05) is 0 Å². The maximum atomic E-state index is 5.75. The molecule has 23 heavy (non-hydrogen) atoms. The summed E-state index contributed by atoms with van der Waals surface area (Å²) in [5, 5.41) is 6.62. The summed E-state index contributed by atoms with van der Waals surface area (Å²) in [5.74, 6) is 1.73. The minimum absolute atomic E-state index is 0.299. The third kappa shape index (κ3) is 9.13. The van der Waals surface area contributed by atoms with E-state index >= 15 is 0 Å². The van der Waals surface area contributed by atoms with Gasteiger partial charge in [0.05, 0.1) is 12.7 Å². The lowest BCUT2D eigenvalue weighted by atomic mass is 10.3. The van der Waals surface area contributed by atoms with Crippen LogP contribution in [0.25, 0.3) is 0 Å². The Hall–Kier alpha value is -0.850. The summed E-state index contributed by atoms with van der Waals surface area (Å²) in [6, 6.07) is 0. The van der Waals surface area contributed by atoms with Crippen LogP contribution in [0.15, 0.2) is 4.99 Å². The van der Waals surface area contributed by atoms with Crippen molar-refractivity contribution in [2.75, 3.05) is 52.7 Å². The SMILES string of the molecule is CCNC(=NCCCOCC1CC1)NCCCOC1CCOC1. The van der Waals surface area contributed by atoms with E-state index in [0.717, 1.165) is 83.8 Å². The first-order valence-corrected chi connectivity index (χ1v) is 9.17. The number of guanidine groups is 1. The van der Waals surface area contributed by atoms with Gasteiger partial charge in [0.25, 0.3) is 0 Å². The highest BCUT2D eigenvalue weighted by Crippen LogP contribution is 2.28. The van der Waals surface area contributed by atoms with E-state index in [1.165, 1.54) is 12.8 Å². The first-order chi connectivity index (χ1) is 11.4. The lowest BCUT2D eigenvalue weighted by Crippen LogP contribution is -2.38. The summed E-state index contributed by atoms with van der Waals surface area (Å²) in [7, 11) is 0. The average molecular weight is 327 g/mol. The largest absolute Gasteiger partial charge is 0.381 e. The lowest BCUT2D eigenvalue weighted by Gasteiger charge is -2.13. The molecule has 1 unspecified atom stereocenters. The van der Waals surface area contributed by atoms with Crippen LogP contribution in [0.3, 0.4) is 0 Å². The van der Waals surface area contributed by atoms with Crippen LogP contribution in [-0.2, 0) is 14.2 Å². The first-order valence-electron chi connectivity index (χ1n) is 9.17. The molecule has 0 bridgehead atoms. The summed E-state index contributed by atoms with van der Waals surface area (Å²) in [5.41, 5.74) is 0. The molecule has 0 aromatic heterocycles. The van der Waals surface area contributed by atoms with Crippen molar-refractivity contribution in [1.29, 1.82) is 0 Å². The molecule has 0 spiro atoms. The fraction of sp³-hybridized carbons (Fsp3) is 0.941. The van der Waals surface area contributed by atoms with E-state index in [-0.39, 0.29) is 0 Å². The monoisotopic (exact) mass is 327 g/mol. The van der Waals surface area contributed by atoms with Crippen molar-refractivity contribution >= 4 is 5.96 Å². The number of rotatable bonds is 12. The second kappa shape index (κ2) is 11.6. The Balaban J connectivity index is 1.46. The van der Waals surface area contributed by atoms with Gasteiger partial charge in [0.1, 0.15) is 0 Å². The van der Waals surface area contributed by atoms with Gasteiger partial charge in [0, 0.05) is 46.1 Å². The van der Waals surface area contributed by atoms with Crippen molar-refractivity contribution < 1.29 is 14.2 Å². The van der Waals surface area contributed by atoms with Crippen LogP contribution in [0.1, 0.15) is 39.0 Å². The Morgan fingerprint density at radius 3 is 2.83 bits per heavy atom. The molecule has 6 nitrogen and oxygen atoms in total. The van der Waals surface area contributed by atoms with E-state index < -0.39 is 0 Å². The molecule has 2 fully saturated rings. The molecule has 1 heterocycles. The molecule has 0 aromatic rings. The minimum Gasteiger partial charge on any atom is -0.381 e. The normalized spacial score (nSPS) is 21.6. The highest BCUT2D eigenvalue weighted by Gasteiger charge is 2.20. The number of hydrogen-bond donors (Lipinski definition) is 2. The van der Waals surface area contributed by atoms with Crippen LogP contribution in [0.2, 0.25) is 0 Å². The molecule has 2 rings (SSSR count). The number of nitrogens with one attached hydrogen (secondary N) is 2. The topological polar surface area (TPSA) is 64.1 Å². The molecule has 1 aliphatic heterocycles. The molecule has 1 atom stereocenters. The lowest BCUT2D eigenvalue weighted by molar-refractivity contribution is 0.0420. The number of nitrogens with zero attached hydrogens (tertiary/aromatic N) is 1. The Kier molecular flexibility index (Phi) is 9.36. The Labute approximate surface area is 140 Å². The molecule has 1 saturated heterocycles. The van der Waals surface area contributed by atoms with Crippen molar-refractivity contribution in [1.82, 2.24) is 10.6 Å². The smallest absolute Gasteiger partial charge is 0.191 e. The van der Waals surface area contributed by atoms with Gasteiger partial charge in [-0.2, -0.15) is 0 Å². The van der Waals surface area contributed by atoms with Gasteiger partial charge >= 0.3 is 0 Å². The molecule has 0 radical (unpaired) electrons. The van der Waals surface area contributed by atoms with Gasteiger partial charge in [-0.15, -0.1) is 0 Å². The summed E-state index contributed by atoms with van der Waals surface area (Å²) >= 11 is 0. The Morgan fingerprint density at radius 2 is 2.09 bits per heavy atom. The predicted molar refractivity (Wildman–Crippen MR) is 91.9 cm³/mol. The van der Waals surface area contributed by atoms with Crippen LogP contribution >= 0.6 is 0 Å². The van der Waals surface area contributed by atoms with Crippen molar-refractivity contribution in [3.8, 4) is 0 Å². The van der Waals surface area contributed by atoms with Gasteiger partial charge in [0.2, 0.25) is 0 Å². The molecular formula is C17H33N3O3. The Morgan fingerprint density at radius 1 is 1.17 bits per heavy atom. The van der Waals surface area contributed by atoms with Crippen LogP contribution in [-0.4, -0.2) is 64.7 Å². The summed E-state index contributed by atoms with van der Waals surface area (Å²) in [6.07, 6.45) is 5.99. The van der Waals surface area contributed by atoms with Gasteiger partial charge in [-0.3, -0.25) is 4.99 Å². The fourth-order valence-electron chi connectivity index (χ4n) is 2.41. The second-order valence-corrected chi connectivity index (χ2v) is 6.27. The highest BCUT2D eigenvalue weighted by atomic mass is 16.5. The van der Waals surface area contributed by atoms with Gasteiger partial charge in [-0.05, 0) is 44.9 Å². The maximum absolute atomic E-state index is 5.75. The van der Waals surface area contributed by atoms with Crippen molar-refractivity contribution in [3.05, 3.63) is 0 Å². The van der Waals surface area contributed by atoms with E-state index in [2.05, 4.69) is 22.5 Å². The van der Waals surface area contributed by atoms with E-state index in [9.17, 15) is 0 Å². The maximum Gasteiger partial charge on any atom is 0.191 e. The molecule has 134 valence electrons. The second-order valence-electron chi connectivity index (χ2n) is 6.27. The fourth-order valence-corrected chi connectivity index (χ4v) is 2.41. The molecular weight excluding hydrogens is 294 g/mol. The summed E-state index contributed by atoms with van der Waals surface area (Å²) in [6.45, 7) is 8.75. The zero-order valence-electron chi connectivity index (χ0n) is 14.5. The number of aliphatic imine (C=N–C) groups is 1. The standard InChI is InChI=1S/C17H33N3O3/c1-2-18-17(19-8-3-10-21-13-15-5-6-15)20-9-4-11-23-16-7-12-22-14-16/h15-16H,2-14H2,1H3,(H2,18,19,20). The average Bonchev–Trinajstić information content (AvgIpc) is 3.23. The Bertz CT molecular complexity index is 329. The van der Waals surface area contributed by atoms with E-state index in [4.69, 9.17) is 14.2 Å². The third-order valence-electron chi connectivity index (χ3n) is 3.97. The van der Waals surface area contributed by atoms with Crippen LogP contribution in [0, 0.1) is 5.92 Å². The van der Waals surface area contributed by atoms with Crippen molar-refractivity contribution in [3.63, 3.8) is 0 Å². The zero-order valence-corrected chi connectivity index (χ0v) is 14.5. The molecule has 1 aliphatic carbocycles. The van der Waals surface area contributed by atoms with Crippen LogP contribution in [0.4, 0.5) is 0 Å². The first kappa shape index (κ1) is 18.5. The quantitative estimate of drug-likeness (QED) is 0.323.